The van der Waals surface area contributed by atoms with Crippen LogP contribution in [0.25, 0.3) is 27.8 Å². The second-order valence-corrected chi connectivity index (χ2v) is 13.9. The van der Waals surface area contributed by atoms with Crippen LogP contribution in [0, 0.1) is 6.92 Å². The molecule has 1 N–H and O–H groups in total. The van der Waals surface area contributed by atoms with Crippen LogP contribution in [0.2, 0.25) is 0 Å². The van der Waals surface area contributed by atoms with Crippen molar-refractivity contribution in [3.63, 3.8) is 0 Å². The first kappa shape index (κ1) is 26.0. The van der Waals surface area contributed by atoms with Crippen LogP contribution >= 0.6 is 0 Å². The predicted octanol–water partition coefficient (Wildman–Crippen LogP) is 3.74. The van der Waals surface area contributed by atoms with Crippen molar-refractivity contribution in [3.05, 3.63) is 53.5 Å². The summed E-state index contributed by atoms with van der Waals surface area (Å²) in [6.07, 6.45) is 6.89. The number of sulfone groups is 1. The van der Waals surface area contributed by atoms with E-state index in [2.05, 4.69) is 65.0 Å². The number of H-pyrrole nitrogens is 1. The number of fused-ring (bicyclic) bond motifs is 2. The van der Waals surface area contributed by atoms with Crippen LogP contribution in [0.5, 0.6) is 0 Å². The number of aromatic amines is 1. The molecule has 1 aromatic carbocycles. The number of benzene rings is 1. The largest absolute Gasteiger partial charge is 0.354 e. The molecule has 2 fully saturated rings. The fourth-order valence-corrected chi connectivity index (χ4v) is 7.07. The third-order valence-corrected chi connectivity index (χ3v) is 10.0. The number of likely N-dealkylation sites (tertiary alicyclic amines) is 2. The van der Waals surface area contributed by atoms with E-state index in [0.717, 1.165) is 53.9 Å². The lowest BCUT2D eigenvalue weighted by atomic mass is 9.87. The molecule has 6 rings (SSSR count). The fourth-order valence-electron chi connectivity index (χ4n) is 6.17. The van der Waals surface area contributed by atoms with E-state index in [0.29, 0.717) is 31.5 Å². The van der Waals surface area contributed by atoms with E-state index in [1.165, 1.54) is 22.8 Å². The van der Waals surface area contributed by atoms with Gasteiger partial charge in [-0.3, -0.25) is 9.69 Å². The highest BCUT2D eigenvalue weighted by molar-refractivity contribution is 7.91. The Morgan fingerprint density at radius 1 is 1.15 bits per heavy atom. The van der Waals surface area contributed by atoms with Crippen molar-refractivity contribution in [1.29, 1.82) is 0 Å². The minimum atomic E-state index is -3.07. The number of aryl methyl sites for hydroxylation is 1. The molecule has 9 nitrogen and oxygen atoms in total. The SMILES string of the molecule is Cc1cc(-c2[nH]c3ccc(C4CCN(CC(=O)N5CC(S(C)(=O)=O)C5)CC4)cc3c2C(C)C)cn2ncnc12. The Kier molecular flexibility index (Phi) is 6.50. The summed E-state index contributed by atoms with van der Waals surface area (Å²) in [6, 6.07) is 9.00. The van der Waals surface area contributed by atoms with E-state index in [9.17, 15) is 13.2 Å². The van der Waals surface area contributed by atoms with Crippen molar-refractivity contribution in [2.24, 2.45) is 0 Å². The summed E-state index contributed by atoms with van der Waals surface area (Å²) in [4.78, 5) is 24.6. The molecule has 10 heteroatoms. The number of pyridine rings is 1. The van der Waals surface area contributed by atoms with E-state index < -0.39 is 15.1 Å². The van der Waals surface area contributed by atoms with Gasteiger partial charge in [-0.1, -0.05) is 19.9 Å². The number of amides is 1. The molecule has 2 saturated heterocycles. The number of nitrogens with zero attached hydrogens (tertiary/aromatic N) is 5. The zero-order valence-electron chi connectivity index (χ0n) is 23.0. The Labute approximate surface area is 229 Å². The molecule has 39 heavy (non-hydrogen) atoms. The monoisotopic (exact) mass is 548 g/mol. The zero-order valence-corrected chi connectivity index (χ0v) is 23.8. The molecule has 1 amide bonds. The van der Waals surface area contributed by atoms with E-state index in [-0.39, 0.29) is 5.91 Å². The first-order valence-corrected chi connectivity index (χ1v) is 15.7. The summed E-state index contributed by atoms with van der Waals surface area (Å²) in [6.45, 7) is 9.32. The molecule has 0 unspecified atom stereocenters. The quantitative estimate of drug-likeness (QED) is 0.394. The average molecular weight is 549 g/mol. The van der Waals surface area contributed by atoms with Gasteiger partial charge in [0.25, 0.3) is 0 Å². The van der Waals surface area contributed by atoms with Crippen LogP contribution in [0.1, 0.15) is 55.2 Å². The van der Waals surface area contributed by atoms with Gasteiger partial charge in [0.1, 0.15) is 6.33 Å². The van der Waals surface area contributed by atoms with Crippen LogP contribution in [-0.2, 0) is 14.6 Å². The van der Waals surface area contributed by atoms with E-state index in [1.807, 2.05) is 10.7 Å². The number of aromatic nitrogens is 4. The maximum absolute atomic E-state index is 12.6. The van der Waals surface area contributed by atoms with Crippen LogP contribution in [-0.4, -0.2) is 87.9 Å². The number of rotatable bonds is 6. The topological polar surface area (TPSA) is 104 Å². The Balaban J connectivity index is 1.18. The highest BCUT2D eigenvalue weighted by Gasteiger charge is 2.37. The highest BCUT2D eigenvalue weighted by atomic mass is 32.2. The van der Waals surface area contributed by atoms with E-state index in [1.54, 1.807) is 11.2 Å². The summed E-state index contributed by atoms with van der Waals surface area (Å²) < 4.78 is 25.1. The molecule has 5 heterocycles. The Hall–Kier alpha value is -3.24. The Morgan fingerprint density at radius 2 is 1.90 bits per heavy atom. The molecule has 0 saturated carbocycles. The minimum Gasteiger partial charge on any atom is -0.354 e. The van der Waals surface area contributed by atoms with Gasteiger partial charge in [0.2, 0.25) is 5.91 Å². The first-order chi connectivity index (χ1) is 18.6. The second kappa shape index (κ2) is 9.75. The van der Waals surface area contributed by atoms with Crippen LogP contribution in [0.4, 0.5) is 0 Å². The van der Waals surface area contributed by atoms with Crippen molar-refractivity contribution in [3.8, 4) is 11.3 Å². The molecule has 3 aromatic heterocycles. The lowest BCUT2D eigenvalue weighted by molar-refractivity contribution is -0.135. The van der Waals surface area contributed by atoms with Gasteiger partial charge < -0.3 is 9.88 Å². The number of carbonyl (C=O) groups is 1. The van der Waals surface area contributed by atoms with Gasteiger partial charge in [-0.2, -0.15) is 5.10 Å². The summed E-state index contributed by atoms with van der Waals surface area (Å²) in [5, 5.41) is 5.23. The number of hydrogen-bond donors (Lipinski definition) is 1. The fraction of sp³-hybridized carbons (Fsp3) is 0.483. The second-order valence-electron chi connectivity index (χ2n) is 11.6. The molecule has 206 valence electrons. The molecular formula is C29H36N6O3S. The normalized spacial score (nSPS) is 17.9. The molecule has 2 aliphatic rings. The molecule has 4 aromatic rings. The molecule has 0 spiro atoms. The highest BCUT2D eigenvalue weighted by Crippen LogP contribution is 2.38. The van der Waals surface area contributed by atoms with Crippen LogP contribution in [0.3, 0.4) is 0 Å². The zero-order chi connectivity index (χ0) is 27.5. The molecule has 0 bridgehead atoms. The summed E-state index contributed by atoms with van der Waals surface area (Å²) in [5.74, 6) is 0.828. The standard InChI is InChI=1S/C29H36N6O3S/c1-18(2)27-24-12-21(5-6-25(24)32-28(27)22-11-19(3)29-30-17-31-35(29)13-22)20-7-9-33(10-8-20)16-26(36)34-14-23(15-34)39(4,37)38/h5-6,11-13,17-18,20,23,32H,7-10,14-16H2,1-4H3. The molecule has 0 radical (unpaired) electrons. The van der Waals surface area contributed by atoms with Gasteiger partial charge in [0.05, 0.1) is 17.5 Å². The third-order valence-electron chi connectivity index (χ3n) is 8.51. The van der Waals surface area contributed by atoms with Crippen molar-refractivity contribution in [2.75, 3.05) is 39.0 Å². The van der Waals surface area contributed by atoms with Crippen molar-refractivity contribution in [1.82, 2.24) is 29.4 Å². The van der Waals surface area contributed by atoms with Gasteiger partial charge >= 0.3 is 0 Å². The van der Waals surface area contributed by atoms with Gasteiger partial charge in [0.15, 0.2) is 15.5 Å². The predicted molar refractivity (Wildman–Crippen MR) is 153 cm³/mol. The summed E-state index contributed by atoms with van der Waals surface area (Å²) in [7, 11) is -3.07. The number of piperidine rings is 1. The van der Waals surface area contributed by atoms with Crippen molar-refractivity contribution >= 4 is 32.3 Å². The minimum absolute atomic E-state index is 0.0375. The average Bonchev–Trinajstić information content (AvgIpc) is 3.47. The smallest absolute Gasteiger partial charge is 0.236 e. The number of hydrogen-bond acceptors (Lipinski definition) is 6. The Bertz CT molecular complexity index is 1660. The number of nitrogens with one attached hydrogen (secondary N) is 1. The molecule has 0 aliphatic carbocycles. The third kappa shape index (κ3) is 4.84. The van der Waals surface area contributed by atoms with Gasteiger partial charge in [-0.15, -0.1) is 0 Å². The summed E-state index contributed by atoms with van der Waals surface area (Å²) >= 11 is 0. The van der Waals surface area contributed by atoms with E-state index in [4.69, 9.17) is 0 Å². The first-order valence-electron chi connectivity index (χ1n) is 13.7. The number of carbonyl (C=O) groups excluding carboxylic acids is 1. The maximum atomic E-state index is 12.6. The lowest BCUT2D eigenvalue weighted by Gasteiger charge is -2.40. The van der Waals surface area contributed by atoms with Gasteiger partial charge in [-0.05, 0) is 79.6 Å². The van der Waals surface area contributed by atoms with Crippen molar-refractivity contribution < 1.29 is 13.2 Å². The van der Waals surface area contributed by atoms with Crippen LogP contribution < -0.4 is 0 Å². The maximum Gasteiger partial charge on any atom is 0.236 e. The van der Waals surface area contributed by atoms with Gasteiger partial charge in [0, 0.05) is 42.0 Å². The van der Waals surface area contributed by atoms with Crippen LogP contribution in [0.15, 0.2) is 36.8 Å². The van der Waals surface area contributed by atoms with E-state index >= 15 is 0 Å². The molecular weight excluding hydrogens is 512 g/mol. The lowest BCUT2D eigenvalue weighted by Crippen LogP contribution is -2.58. The molecule has 0 atom stereocenters. The Morgan fingerprint density at radius 3 is 2.59 bits per heavy atom. The molecule has 2 aliphatic heterocycles. The van der Waals surface area contributed by atoms with Crippen molar-refractivity contribution in [2.45, 2.75) is 50.7 Å². The summed E-state index contributed by atoms with van der Waals surface area (Å²) in [5.41, 5.74) is 8.01. The van der Waals surface area contributed by atoms with Gasteiger partial charge in [-0.25, -0.2) is 17.9 Å².